The molecule has 88 valence electrons. The van der Waals surface area contributed by atoms with Gasteiger partial charge in [0.1, 0.15) is 11.9 Å². The first-order chi connectivity index (χ1) is 6.75. The monoisotopic (exact) mass is 256 g/mol. The molecule has 0 saturated heterocycles. The highest BCUT2D eigenvalue weighted by Gasteiger charge is 2.27. The Morgan fingerprint density at radius 2 is 1.87 bits per heavy atom. The van der Waals surface area contributed by atoms with Gasteiger partial charge in [-0.15, -0.1) is 6.42 Å². The van der Waals surface area contributed by atoms with E-state index >= 15 is 0 Å². The smallest absolute Gasteiger partial charge is 0.270 e. The Bertz CT molecular complexity index is 427. The van der Waals surface area contributed by atoms with Crippen molar-refractivity contribution in [2.75, 3.05) is 19.5 Å². The Balaban J connectivity index is 4.56. The average Bonchev–Trinajstić information content (AvgIpc) is 2.14. The minimum Gasteiger partial charge on any atom is -0.273 e. The second-order valence-corrected chi connectivity index (χ2v) is 6.47. The fourth-order valence-electron chi connectivity index (χ4n) is 0.707. The van der Waals surface area contributed by atoms with Gasteiger partial charge in [0.15, 0.2) is 0 Å². The first-order valence-corrected chi connectivity index (χ1v) is 6.90. The zero-order valence-electron chi connectivity index (χ0n) is 8.33. The fraction of sp³-hybridized carbons (Fsp3) is 0.714. The van der Waals surface area contributed by atoms with Gasteiger partial charge in [0, 0.05) is 0 Å². The summed E-state index contributed by atoms with van der Waals surface area (Å²) < 4.78 is 52.9. The second-order valence-electron chi connectivity index (χ2n) is 2.66. The van der Waals surface area contributed by atoms with Crippen molar-refractivity contribution in [1.82, 2.24) is 0 Å². The van der Waals surface area contributed by atoms with Crippen molar-refractivity contribution >= 4 is 20.2 Å². The van der Waals surface area contributed by atoms with Crippen LogP contribution in [0.2, 0.25) is 0 Å². The molecule has 0 amide bonds. The van der Waals surface area contributed by atoms with Crippen LogP contribution < -0.4 is 0 Å². The summed E-state index contributed by atoms with van der Waals surface area (Å²) in [6.45, 7) is 0.789. The minimum atomic E-state index is -3.94. The molecule has 0 aromatic rings. The van der Waals surface area contributed by atoms with E-state index in [-0.39, 0.29) is 0 Å². The Labute approximate surface area is 89.8 Å². The molecule has 1 unspecified atom stereocenters. The van der Waals surface area contributed by atoms with Gasteiger partial charge in [0.2, 0.25) is 0 Å². The lowest BCUT2D eigenvalue weighted by Gasteiger charge is -2.10. The van der Waals surface area contributed by atoms with Crippen molar-refractivity contribution in [3.05, 3.63) is 0 Å². The maximum Gasteiger partial charge on any atom is 0.270 e. The van der Waals surface area contributed by atoms with Crippen LogP contribution in [0.15, 0.2) is 0 Å². The molecule has 0 aliphatic rings. The van der Waals surface area contributed by atoms with E-state index < -0.39 is 37.8 Å². The van der Waals surface area contributed by atoms with Gasteiger partial charge in [-0.2, -0.15) is 16.8 Å². The number of terminal acetylenes is 1. The molecule has 0 radical (unpaired) electrons. The lowest BCUT2D eigenvalue weighted by Crippen LogP contribution is -2.28. The van der Waals surface area contributed by atoms with Gasteiger partial charge in [-0.1, -0.05) is 5.92 Å². The summed E-state index contributed by atoms with van der Waals surface area (Å²) >= 11 is 0. The van der Waals surface area contributed by atoms with E-state index in [0.717, 1.165) is 7.11 Å². The van der Waals surface area contributed by atoms with E-state index in [2.05, 4.69) is 8.37 Å². The third-order valence-corrected chi connectivity index (χ3v) is 4.70. The summed E-state index contributed by atoms with van der Waals surface area (Å²) in [6, 6.07) is 0. The van der Waals surface area contributed by atoms with E-state index in [0.29, 0.717) is 0 Å². The Hall–Kier alpha value is -0.620. The molecule has 8 heteroatoms. The van der Waals surface area contributed by atoms with Crippen molar-refractivity contribution in [2.24, 2.45) is 0 Å². The van der Waals surface area contributed by atoms with Crippen LogP contribution in [0, 0.1) is 12.3 Å². The molecule has 0 aromatic heterocycles. The lowest BCUT2D eigenvalue weighted by atomic mass is 10.6. The zero-order valence-corrected chi connectivity index (χ0v) is 9.97. The van der Waals surface area contributed by atoms with E-state index in [4.69, 9.17) is 6.42 Å². The van der Waals surface area contributed by atoms with Crippen LogP contribution in [-0.2, 0) is 28.6 Å². The molecule has 0 aromatic carbocycles. The highest BCUT2D eigenvalue weighted by atomic mass is 32.2. The summed E-state index contributed by atoms with van der Waals surface area (Å²) in [5.41, 5.74) is 0. The van der Waals surface area contributed by atoms with Crippen LogP contribution in [0.1, 0.15) is 6.92 Å². The van der Waals surface area contributed by atoms with Gasteiger partial charge >= 0.3 is 0 Å². The van der Waals surface area contributed by atoms with Gasteiger partial charge < -0.3 is 0 Å². The van der Waals surface area contributed by atoms with Crippen LogP contribution in [-0.4, -0.2) is 41.6 Å². The molecule has 0 heterocycles. The average molecular weight is 256 g/mol. The van der Waals surface area contributed by atoms with E-state index in [9.17, 15) is 16.8 Å². The molecule has 0 N–H and O–H groups in total. The number of hydrogen-bond donors (Lipinski definition) is 0. The van der Waals surface area contributed by atoms with Crippen LogP contribution in [0.25, 0.3) is 0 Å². The maximum absolute atomic E-state index is 11.1. The Kier molecular flexibility index (Phi) is 5.23. The van der Waals surface area contributed by atoms with Crippen LogP contribution in [0.3, 0.4) is 0 Å². The third-order valence-electron chi connectivity index (χ3n) is 1.49. The molecule has 0 bridgehead atoms. The predicted octanol–water partition coefficient (Wildman–Crippen LogP) is -0.669. The van der Waals surface area contributed by atoms with Gasteiger partial charge in [-0.25, -0.2) is 0 Å². The topological polar surface area (TPSA) is 86.7 Å². The molecule has 1 atom stereocenters. The predicted molar refractivity (Wildman–Crippen MR) is 54.0 cm³/mol. The summed E-state index contributed by atoms with van der Waals surface area (Å²) in [4.78, 5) is 0. The molecule has 0 rings (SSSR count). The molecule has 0 aliphatic heterocycles. The van der Waals surface area contributed by atoms with Gasteiger partial charge in [0.05, 0.1) is 12.9 Å². The minimum absolute atomic E-state index is 0.415. The van der Waals surface area contributed by atoms with Gasteiger partial charge in [-0.3, -0.25) is 8.37 Å². The number of hydrogen-bond acceptors (Lipinski definition) is 6. The first-order valence-electron chi connectivity index (χ1n) is 3.85. The molecule has 0 saturated carbocycles. The third kappa shape index (κ3) is 5.13. The SMILES string of the molecule is C#CCOS(=O)(=O)CC(C)S(=O)(=O)OC. The Morgan fingerprint density at radius 3 is 2.27 bits per heavy atom. The molecule has 0 aliphatic carbocycles. The molecule has 0 fully saturated rings. The Morgan fingerprint density at radius 1 is 1.33 bits per heavy atom. The highest BCUT2D eigenvalue weighted by Crippen LogP contribution is 2.07. The molecular weight excluding hydrogens is 244 g/mol. The van der Waals surface area contributed by atoms with Crippen LogP contribution in [0.5, 0.6) is 0 Å². The lowest BCUT2D eigenvalue weighted by molar-refractivity contribution is 0.359. The largest absolute Gasteiger partial charge is 0.273 e. The van der Waals surface area contributed by atoms with Crippen LogP contribution in [0.4, 0.5) is 0 Å². The zero-order chi connectivity index (χ0) is 12.1. The molecule has 15 heavy (non-hydrogen) atoms. The normalized spacial score (nSPS) is 14.5. The fourth-order valence-corrected chi connectivity index (χ4v) is 3.12. The summed E-state index contributed by atoms with van der Waals surface area (Å²) in [5.74, 6) is 1.28. The van der Waals surface area contributed by atoms with Crippen molar-refractivity contribution in [1.29, 1.82) is 0 Å². The maximum atomic E-state index is 11.1. The van der Waals surface area contributed by atoms with Crippen molar-refractivity contribution in [3.63, 3.8) is 0 Å². The standard InChI is InChI=1S/C7H12O6S2/c1-4-5-13-14(8,9)6-7(2)15(10,11)12-3/h1,7H,5-6H2,2-3H3. The number of rotatable bonds is 6. The summed E-state index contributed by atoms with van der Waals surface area (Å²) in [6.07, 6.45) is 4.80. The molecule has 0 spiro atoms. The quantitative estimate of drug-likeness (QED) is 0.463. The molecular formula is C7H12O6S2. The first kappa shape index (κ1) is 14.4. The van der Waals surface area contributed by atoms with E-state index in [1.807, 2.05) is 5.92 Å². The summed E-state index contributed by atoms with van der Waals surface area (Å²) in [5, 5.41) is -1.20. The van der Waals surface area contributed by atoms with E-state index in [1.165, 1.54) is 6.92 Å². The van der Waals surface area contributed by atoms with Crippen molar-refractivity contribution < 1.29 is 25.2 Å². The van der Waals surface area contributed by atoms with Gasteiger partial charge in [-0.05, 0) is 6.92 Å². The second kappa shape index (κ2) is 5.46. The van der Waals surface area contributed by atoms with Crippen LogP contribution >= 0.6 is 0 Å². The van der Waals surface area contributed by atoms with Gasteiger partial charge in [0.25, 0.3) is 20.2 Å². The van der Waals surface area contributed by atoms with Crippen molar-refractivity contribution in [3.8, 4) is 12.3 Å². The van der Waals surface area contributed by atoms with Crippen molar-refractivity contribution in [2.45, 2.75) is 12.2 Å². The van der Waals surface area contributed by atoms with E-state index in [1.54, 1.807) is 0 Å². The summed E-state index contributed by atoms with van der Waals surface area (Å²) in [7, 11) is -6.85. The molecule has 6 nitrogen and oxygen atoms in total. The highest BCUT2D eigenvalue weighted by molar-refractivity contribution is 7.91.